The van der Waals surface area contributed by atoms with Crippen LogP contribution in [0.15, 0.2) is 0 Å². The minimum atomic E-state index is -0.664. The zero-order valence-electron chi connectivity index (χ0n) is 9.47. The molecule has 0 heterocycles. The third kappa shape index (κ3) is 5.27. The summed E-state index contributed by atoms with van der Waals surface area (Å²) in [6.45, 7) is 5.96. The maximum Gasteiger partial charge on any atom is 0.0877 e. The molecule has 80 valence electrons. The van der Waals surface area contributed by atoms with Crippen molar-refractivity contribution in [1.29, 1.82) is 0 Å². The second-order valence-electron chi connectivity index (χ2n) is 4.05. The Bertz CT molecular complexity index is 121. The summed E-state index contributed by atoms with van der Waals surface area (Å²) >= 11 is 0. The first-order valence-corrected chi connectivity index (χ1v) is 5.29. The third-order valence-corrected chi connectivity index (χ3v) is 2.77. The van der Waals surface area contributed by atoms with Crippen LogP contribution in [0.25, 0.3) is 0 Å². The van der Waals surface area contributed by atoms with E-state index in [-0.39, 0.29) is 6.10 Å². The highest BCUT2D eigenvalue weighted by atomic mass is 16.5. The van der Waals surface area contributed by atoms with Gasteiger partial charge in [-0.2, -0.15) is 0 Å². The summed E-state index contributed by atoms with van der Waals surface area (Å²) in [6.07, 6.45) is 5.56. The van der Waals surface area contributed by atoms with Gasteiger partial charge in [-0.05, 0) is 20.3 Å². The monoisotopic (exact) mass is 188 g/mol. The molecule has 0 fully saturated rings. The maximum atomic E-state index is 9.96. The number of ether oxygens (including phenoxy) is 1. The smallest absolute Gasteiger partial charge is 0.0877 e. The van der Waals surface area contributed by atoms with Crippen LogP contribution in [0, 0.1) is 0 Å². The number of aliphatic hydroxyl groups is 1. The van der Waals surface area contributed by atoms with E-state index in [1.807, 2.05) is 13.8 Å². The highest BCUT2D eigenvalue weighted by molar-refractivity contribution is 4.79. The Hall–Kier alpha value is -0.0800. The van der Waals surface area contributed by atoms with Crippen molar-refractivity contribution in [2.24, 2.45) is 0 Å². The van der Waals surface area contributed by atoms with Crippen molar-refractivity contribution in [1.82, 2.24) is 0 Å². The fourth-order valence-electron chi connectivity index (χ4n) is 1.37. The molecule has 0 saturated heterocycles. The molecule has 2 atom stereocenters. The molecule has 0 aliphatic carbocycles. The molecule has 0 amide bonds. The highest BCUT2D eigenvalue weighted by Crippen LogP contribution is 2.20. The molecule has 0 aromatic rings. The van der Waals surface area contributed by atoms with Gasteiger partial charge in [0.05, 0.1) is 11.7 Å². The van der Waals surface area contributed by atoms with Crippen molar-refractivity contribution in [3.05, 3.63) is 0 Å². The first-order valence-electron chi connectivity index (χ1n) is 5.29. The standard InChI is InChI=1S/C11H24O2/c1-5-6-7-8-9-11(3,12)10(2)13-4/h10,12H,5-9H2,1-4H3. The molecule has 0 saturated carbocycles. The lowest BCUT2D eigenvalue weighted by atomic mass is 9.93. The molecule has 2 unspecified atom stereocenters. The van der Waals surface area contributed by atoms with Crippen molar-refractivity contribution in [3.8, 4) is 0 Å². The van der Waals surface area contributed by atoms with Crippen LogP contribution in [0.4, 0.5) is 0 Å². The Morgan fingerprint density at radius 3 is 2.38 bits per heavy atom. The molecule has 0 spiro atoms. The first kappa shape index (κ1) is 12.9. The van der Waals surface area contributed by atoms with Gasteiger partial charge in [0.25, 0.3) is 0 Å². The van der Waals surface area contributed by atoms with E-state index in [1.165, 1.54) is 19.3 Å². The predicted octanol–water partition coefficient (Wildman–Crippen LogP) is 2.74. The predicted molar refractivity (Wildman–Crippen MR) is 55.9 cm³/mol. The van der Waals surface area contributed by atoms with Crippen LogP contribution < -0.4 is 0 Å². The zero-order chi connectivity index (χ0) is 10.3. The van der Waals surface area contributed by atoms with Crippen LogP contribution in [0.2, 0.25) is 0 Å². The maximum absolute atomic E-state index is 9.96. The van der Waals surface area contributed by atoms with Gasteiger partial charge in [-0.25, -0.2) is 0 Å². The van der Waals surface area contributed by atoms with Crippen molar-refractivity contribution in [2.75, 3.05) is 7.11 Å². The van der Waals surface area contributed by atoms with E-state index < -0.39 is 5.60 Å². The van der Waals surface area contributed by atoms with Crippen LogP contribution in [0.1, 0.15) is 52.9 Å². The average Bonchev–Trinajstić information content (AvgIpc) is 2.11. The minimum Gasteiger partial charge on any atom is -0.387 e. The van der Waals surface area contributed by atoms with Crippen LogP contribution in [0.5, 0.6) is 0 Å². The Morgan fingerprint density at radius 1 is 1.31 bits per heavy atom. The fraction of sp³-hybridized carbons (Fsp3) is 1.00. The summed E-state index contributed by atoms with van der Waals surface area (Å²) in [4.78, 5) is 0. The van der Waals surface area contributed by atoms with Gasteiger partial charge in [0.2, 0.25) is 0 Å². The summed E-state index contributed by atoms with van der Waals surface area (Å²) in [6, 6.07) is 0. The van der Waals surface area contributed by atoms with Gasteiger partial charge in [0.1, 0.15) is 0 Å². The van der Waals surface area contributed by atoms with E-state index in [9.17, 15) is 5.11 Å². The Morgan fingerprint density at radius 2 is 1.92 bits per heavy atom. The topological polar surface area (TPSA) is 29.5 Å². The SMILES string of the molecule is CCCCCCC(C)(O)C(C)OC. The normalized spacial score (nSPS) is 18.2. The number of rotatable bonds is 7. The van der Waals surface area contributed by atoms with Crippen LogP contribution in [-0.4, -0.2) is 23.9 Å². The molecule has 2 heteroatoms. The van der Waals surface area contributed by atoms with Gasteiger partial charge in [0.15, 0.2) is 0 Å². The zero-order valence-corrected chi connectivity index (χ0v) is 9.47. The van der Waals surface area contributed by atoms with Gasteiger partial charge in [0, 0.05) is 7.11 Å². The lowest BCUT2D eigenvalue weighted by Crippen LogP contribution is -2.38. The summed E-state index contributed by atoms with van der Waals surface area (Å²) in [5, 5.41) is 9.96. The molecule has 2 nitrogen and oxygen atoms in total. The number of methoxy groups -OCH3 is 1. The van der Waals surface area contributed by atoms with Gasteiger partial charge in [-0.3, -0.25) is 0 Å². The summed E-state index contributed by atoms with van der Waals surface area (Å²) < 4.78 is 5.12. The molecule has 0 aliphatic heterocycles. The van der Waals surface area contributed by atoms with Crippen molar-refractivity contribution in [2.45, 2.75) is 64.6 Å². The lowest BCUT2D eigenvalue weighted by Gasteiger charge is -2.29. The second-order valence-corrected chi connectivity index (χ2v) is 4.05. The van der Waals surface area contributed by atoms with Crippen LogP contribution in [-0.2, 0) is 4.74 Å². The van der Waals surface area contributed by atoms with E-state index in [2.05, 4.69) is 6.92 Å². The fourth-order valence-corrected chi connectivity index (χ4v) is 1.37. The molecule has 1 N–H and O–H groups in total. The van der Waals surface area contributed by atoms with Gasteiger partial charge in [-0.15, -0.1) is 0 Å². The second kappa shape index (κ2) is 6.39. The van der Waals surface area contributed by atoms with Crippen LogP contribution in [0.3, 0.4) is 0 Å². The van der Waals surface area contributed by atoms with E-state index in [0.29, 0.717) is 0 Å². The Labute approximate surface area is 82.3 Å². The highest BCUT2D eigenvalue weighted by Gasteiger charge is 2.27. The van der Waals surface area contributed by atoms with Crippen LogP contribution >= 0.6 is 0 Å². The molecule has 0 aromatic heterocycles. The Balaban J connectivity index is 3.62. The summed E-state index contributed by atoms with van der Waals surface area (Å²) in [5.41, 5.74) is -0.664. The molecular weight excluding hydrogens is 164 g/mol. The Kier molecular flexibility index (Phi) is 6.35. The van der Waals surface area contributed by atoms with E-state index in [0.717, 1.165) is 12.8 Å². The first-order chi connectivity index (χ1) is 6.04. The number of hydrogen-bond donors (Lipinski definition) is 1. The van der Waals surface area contributed by atoms with Gasteiger partial charge < -0.3 is 9.84 Å². The number of hydrogen-bond acceptors (Lipinski definition) is 2. The number of unbranched alkanes of at least 4 members (excludes halogenated alkanes) is 3. The van der Waals surface area contributed by atoms with Crippen molar-refractivity contribution >= 4 is 0 Å². The van der Waals surface area contributed by atoms with E-state index in [1.54, 1.807) is 7.11 Å². The molecule has 0 rings (SSSR count). The molecule has 13 heavy (non-hydrogen) atoms. The molecular formula is C11H24O2. The molecule has 0 radical (unpaired) electrons. The molecule has 0 aliphatic rings. The quantitative estimate of drug-likeness (QED) is 0.622. The van der Waals surface area contributed by atoms with Gasteiger partial charge in [-0.1, -0.05) is 32.6 Å². The lowest BCUT2D eigenvalue weighted by molar-refractivity contribution is -0.0780. The molecule has 0 aromatic carbocycles. The third-order valence-electron chi connectivity index (χ3n) is 2.77. The summed E-state index contributed by atoms with van der Waals surface area (Å²) in [5.74, 6) is 0. The van der Waals surface area contributed by atoms with Crippen molar-refractivity contribution < 1.29 is 9.84 Å². The largest absolute Gasteiger partial charge is 0.387 e. The van der Waals surface area contributed by atoms with E-state index >= 15 is 0 Å². The molecule has 0 bridgehead atoms. The van der Waals surface area contributed by atoms with E-state index in [4.69, 9.17) is 4.74 Å². The average molecular weight is 188 g/mol. The van der Waals surface area contributed by atoms with Gasteiger partial charge >= 0.3 is 0 Å². The summed E-state index contributed by atoms with van der Waals surface area (Å²) in [7, 11) is 1.64. The van der Waals surface area contributed by atoms with Crippen molar-refractivity contribution in [3.63, 3.8) is 0 Å². The minimum absolute atomic E-state index is 0.0749.